The van der Waals surface area contributed by atoms with Crippen molar-refractivity contribution < 1.29 is 9.53 Å². The van der Waals surface area contributed by atoms with Crippen molar-refractivity contribution in [1.82, 2.24) is 20.4 Å². The SMILES string of the molecule is COC(=O)C1=C(C)NC(=S)N[C@H]1c1cn(-c2ccccc2)nc1-c1ccc(C)cc1. The van der Waals surface area contributed by atoms with Crippen LogP contribution in [0.4, 0.5) is 0 Å². The summed E-state index contributed by atoms with van der Waals surface area (Å²) < 4.78 is 6.87. The van der Waals surface area contributed by atoms with Gasteiger partial charge in [0.05, 0.1) is 30.1 Å². The van der Waals surface area contributed by atoms with Gasteiger partial charge in [0.25, 0.3) is 0 Å². The molecule has 4 rings (SSSR count). The summed E-state index contributed by atoms with van der Waals surface area (Å²) in [6.45, 7) is 3.86. The van der Waals surface area contributed by atoms with Crippen molar-refractivity contribution in [3.63, 3.8) is 0 Å². The van der Waals surface area contributed by atoms with E-state index in [2.05, 4.69) is 10.6 Å². The highest BCUT2D eigenvalue weighted by Crippen LogP contribution is 2.35. The summed E-state index contributed by atoms with van der Waals surface area (Å²) in [4.78, 5) is 12.6. The van der Waals surface area contributed by atoms with Gasteiger partial charge in [-0.25, -0.2) is 9.48 Å². The number of allylic oxidation sites excluding steroid dienone is 1. The predicted octanol–water partition coefficient (Wildman–Crippen LogP) is 3.81. The van der Waals surface area contributed by atoms with Crippen molar-refractivity contribution in [1.29, 1.82) is 0 Å². The van der Waals surface area contributed by atoms with Gasteiger partial charge in [0.2, 0.25) is 0 Å². The zero-order valence-electron chi connectivity index (χ0n) is 17.0. The van der Waals surface area contributed by atoms with Crippen LogP contribution in [0.3, 0.4) is 0 Å². The number of ether oxygens (including phenoxy) is 1. The second-order valence-corrected chi connectivity index (χ2v) is 7.55. The molecule has 1 aromatic heterocycles. The number of aryl methyl sites for hydroxylation is 1. The van der Waals surface area contributed by atoms with Crippen molar-refractivity contribution in [3.8, 4) is 16.9 Å². The van der Waals surface area contributed by atoms with Gasteiger partial charge in [-0.05, 0) is 38.2 Å². The molecule has 2 aromatic carbocycles. The van der Waals surface area contributed by atoms with Crippen LogP contribution in [0.15, 0.2) is 72.1 Å². The Morgan fingerprint density at radius 1 is 1.10 bits per heavy atom. The first-order valence-corrected chi connectivity index (χ1v) is 9.97. The lowest BCUT2D eigenvalue weighted by Gasteiger charge is -2.29. The van der Waals surface area contributed by atoms with Crippen LogP contribution in [-0.4, -0.2) is 28.0 Å². The maximum Gasteiger partial charge on any atom is 0.337 e. The number of carbonyl (C=O) groups excluding carboxylic acids is 1. The molecular weight excluding hydrogens is 396 g/mol. The molecule has 1 atom stereocenters. The first-order chi connectivity index (χ1) is 14.5. The number of methoxy groups -OCH3 is 1. The van der Waals surface area contributed by atoms with Crippen LogP contribution in [0, 0.1) is 6.92 Å². The van der Waals surface area contributed by atoms with Crippen LogP contribution >= 0.6 is 12.2 Å². The van der Waals surface area contributed by atoms with E-state index in [1.54, 1.807) is 0 Å². The zero-order valence-corrected chi connectivity index (χ0v) is 17.8. The number of esters is 1. The van der Waals surface area contributed by atoms with Gasteiger partial charge >= 0.3 is 5.97 Å². The fourth-order valence-electron chi connectivity index (χ4n) is 3.55. The Kier molecular flexibility index (Phi) is 5.37. The average Bonchev–Trinajstić information content (AvgIpc) is 3.19. The minimum absolute atomic E-state index is 0.415. The second-order valence-electron chi connectivity index (χ2n) is 7.14. The maximum absolute atomic E-state index is 12.6. The van der Waals surface area contributed by atoms with Crippen LogP contribution in [0.2, 0.25) is 0 Å². The van der Waals surface area contributed by atoms with E-state index in [1.165, 1.54) is 7.11 Å². The number of thiocarbonyl (C=S) groups is 1. The van der Waals surface area contributed by atoms with Crippen LogP contribution in [-0.2, 0) is 9.53 Å². The van der Waals surface area contributed by atoms with Gasteiger partial charge in [0.15, 0.2) is 5.11 Å². The lowest BCUT2D eigenvalue weighted by molar-refractivity contribution is -0.136. The lowest BCUT2D eigenvalue weighted by Crippen LogP contribution is -2.45. The Hall–Kier alpha value is -3.45. The predicted molar refractivity (Wildman–Crippen MR) is 120 cm³/mol. The van der Waals surface area contributed by atoms with Gasteiger partial charge < -0.3 is 15.4 Å². The van der Waals surface area contributed by atoms with E-state index in [4.69, 9.17) is 22.1 Å². The third kappa shape index (κ3) is 3.71. The van der Waals surface area contributed by atoms with Crippen molar-refractivity contribution >= 4 is 23.3 Å². The second kappa shape index (κ2) is 8.12. The molecule has 0 aliphatic carbocycles. The van der Waals surface area contributed by atoms with Crippen LogP contribution in [0.25, 0.3) is 16.9 Å². The number of para-hydroxylation sites is 1. The molecule has 152 valence electrons. The van der Waals surface area contributed by atoms with E-state index in [0.29, 0.717) is 16.4 Å². The Labute approximate surface area is 180 Å². The van der Waals surface area contributed by atoms with Gasteiger partial charge in [0.1, 0.15) is 0 Å². The largest absolute Gasteiger partial charge is 0.466 e. The van der Waals surface area contributed by atoms with Gasteiger partial charge in [-0.2, -0.15) is 5.10 Å². The summed E-state index contributed by atoms with van der Waals surface area (Å²) in [5, 5.41) is 11.6. The molecule has 6 nitrogen and oxygen atoms in total. The minimum atomic E-state index is -0.486. The highest BCUT2D eigenvalue weighted by molar-refractivity contribution is 7.80. The van der Waals surface area contributed by atoms with E-state index in [9.17, 15) is 4.79 Å². The Bertz CT molecular complexity index is 1130. The van der Waals surface area contributed by atoms with E-state index in [0.717, 1.165) is 28.1 Å². The molecule has 0 spiro atoms. The summed E-state index contributed by atoms with van der Waals surface area (Å²) in [5.74, 6) is -0.415. The van der Waals surface area contributed by atoms with E-state index in [-0.39, 0.29) is 0 Å². The molecule has 0 bridgehead atoms. The number of aromatic nitrogens is 2. The van der Waals surface area contributed by atoms with Crippen molar-refractivity contribution in [2.45, 2.75) is 19.9 Å². The third-order valence-electron chi connectivity index (χ3n) is 5.07. The van der Waals surface area contributed by atoms with Gasteiger partial charge in [-0.3, -0.25) is 0 Å². The molecule has 1 aliphatic rings. The summed E-state index contributed by atoms with van der Waals surface area (Å²) in [6.07, 6.45) is 1.94. The molecule has 2 N–H and O–H groups in total. The molecular formula is C23H22N4O2S. The lowest BCUT2D eigenvalue weighted by atomic mass is 9.93. The molecule has 2 heterocycles. The smallest absolute Gasteiger partial charge is 0.337 e. The summed E-state index contributed by atoms with van der Waals surface area (Å²) in [5.41, 5.74) is 5.80. The number of benzene rings is 2. The van der Waals surface area contributed by atoms with E-state index >= 15 is 0 Å². The molecule has 30 heavy (non-hydrogen) atoms. The Balaban J connectivity index is 1.92. The maximum atomic E-state index is 12.6. The minimum Gasteiger partial charge on any atom is -0.466 e. The zero-order chi connectivity index (χ0) is 21.3. The Morgan fingerprint density at radius 2 is 1.80 bits per heavy atom. The van der Waals surface area contributed by atoms with Crippen LogP contribution in [0.5, 0.6) is 0 Å². The van der Waals surface area contributed by atoms with Crippen LogP contribution < -0.4 is 10.6 Å². The summed E-state index contributed by atoms with van der Waals surface area (Å²) >= 11 is 5.38. The molecule has 0 radical (unpaired) electrons. The highest BCUT2D eigenvalue weighted by Gasteiger charge is 2.33. The normalized spacial score (nSPS) is 16.1. The monoisotopic (exact) mass is 418 g/mol. The number of hydrogen-bond donors (Lipinski definition) is 2. The van der Waals surface area contributed by atoms with E-state index < -0.39 is 12.0 Å². The number of carbonyl (C=O) groups is 1. The van der Waals surface area contributed by atoms with Crippen molar-refractivity contribution in [2.24, 2.45) is 0 Å². The van der Waals surface area contributed by atoms with Crippen LogP contribution in [0.1, 0.15) is 24.1 Å². The molecule has 1 aliphatic heterocycles. The Morgan fingerprint density at radius 3 is 2.47 bits per heavy atom. The highest BCUT2D eigenvalue weighted by atomic mass is 32.1. The molecule has 0 amide bonds. The average molecular weight is 419 g/mol. The molecule has 0 unspecified atom stereocenters. The number of nitrogens with one attached hydrogen (secondary N) is 2. The number of nitrogens with zero attached hydrogens (tertiary/aromatic N) is 2. The molecule has 0 fully saturated rings. The quantitative estimate of drug-likeness (QED) is 0.496. The van der Waals surface area contributed by atoms with Gasteiger partial charge in [-0.1, -0.05) is 48.0 Å². The summed E-state index contributed by atoms with van der Waals surface area (Å²) in [6, 6.07) is 17.5. The molecule has 7 heteroatoms. The fourth-order valence-corrected chi connectivity index (χ4v) is 3.83. The first-order valence-electron chi connectivity index (χ1n) is 9.56. The van der Waals surface area contributed by atoms with E-state index in [1.807, 2.05) is 79.3 Å². The number of hydrogen-bond acceptors (Lipinski definition) is 4. The molecule has 0 saturated carbocycles. The standard InChI is InChI=1S/C23H22N4O2S/c1-14-9-11-16(12-10-14)20-18(13-27(26-20)17-7-5-4-6-8-17)21-19(22(28)29-3)15(2)24-23(30)25-21/h4-13,21H,1-3H3,(H2,24,25,30)/t21-/m0/s1. The third-order valence-corrected chi connectivity index (χ3v) is 5.29. The summed E-state index contributed by atoms with van der Waals surface area (Å²) in [7, 11) is 1.38. The molecule has 3 aromatic rings. The topological polar surface area (TPSA) is 68.2 Å². The molecule has 0 saturated heterocycles. The van der Waals surface area contributed by atoms with Crippen molar-refractivity contribution in [3.05, 3.63) is 83.2 Å². The van der Waals surface area contributed by atoms with Gasteiger partial charge in [-0.15, -0.1) is 0 Å². The first kappa shape index (κ1) is 19.8. The van der Waals surface area contributed by atoms with Gasteiger partial charge in [0, 0.05) is 23.0 Å². The number of rotatable bonds is 4. The van der Waals surface area contributed by atoms with Crippen molar-refractivity contribution in [2.75, 3.05) is 7.11 Å². The fraction of sp³-hybridized carbons (Fsp3) is 0.174.